The number of aryl methyl sites for hydroxylation is 1. The summed E-state index contributed by atoms with van der Waals surface area (Å²) in [6, 6.07) is 19.6. The number of rotatable bonds is 8. The maximum atomic E-state index is 13.2. The molecule has 0 fully saturated rings. The second-order valence-corrected chi connectivity index (χ2v) is 10.0. The minimum Gasteiger partial charge on any atom is -0.287 e. The van der Waals surface area contributed by atoms with E-state index < -0.39 is 14.9 Å². The molecular weight excluding hydrogens is 476 g/mol. The fourth-order valence-electron chi connectivity index (χ4n) is 3.40. The number of aromatic nitrogens is 2. The molecule has 0 saturated heterocycles. The van der Waals surface area contributed by atoms with Gasteiger partial charge in [0.2, 0.25) is 10.0 Å². The Hall–Kier alpha value is -3.54. The molecule has 0 amide bonds. The SMILES string of the molecule is NS(=O)(=O)c1ccc(CCn2c(SCc3ccc([N+](=O)[O-])cc3)nc3ccccc3c2=O)cc1. The normalized spacial score (nSPS) is 11.6. The minimum atomic E-state index is -3.77. The molecule has 0 aliphatic rings. The number of hydrogen-bond donors (Lipinski definition) is 1. The summed E-state index contributed by atoms with van der Waals surface area (Å²) >= 11 is 1.37. The average molecular weight is 497 g/mol. The zero-order valence-electron chi connectivity index (χ0n) is 17.8. The highest BCUT2D eigenvalue weighted by molar-refractivity contribution is 7.98. The van der Waals surface area contributed by atoms with Gasteiger partial charge < -0.3 is 0 Å². The largest absolute Gasteiger partial charge is 0.287 e. The number of nitrogens with two attached hydrogens (primary N) is 1. The number of fused-ring (bicyclic) bond motifs is 1. The molecule has 0 aliphatic carbocycles. The number of hydrogen-bond acceptors (Lipinski definition) is 7. The van der Waals surface area contributed by atoms with Crippen molar-refractivity contribution >= 4 is 38.4 Å². The van der Waals surface area contributed by atoms with E-state index >= 15 is 0 Å². The third kappa shape index (κ3) is 5.33. The summed E-state index contributed by atoms with van der Waals surface area (Å²) in [7, 11) is -3.77. The van der Waals surface area contributed by atoms with Crippen LogP contribution in [0.2, 0.25) is 0 Å². The summed E-state index contributed by atoms with van der Waals surface area (Å²) in [4.78, 5) is 28.4. The monoisotopic (exact) mass is 496 g/mol. The van der Waals surface area contributed by atoms with Gasteiger partial charge in [-0.05, 0) is 41.8 Å². The lowest BCUT2D eigenvalue weighted by Gasteiger charge is -2.13. The van der Waals surface area contributed by atoms with Crippen molar-refractivity contribution in [1.29, 1.82) is 0 Å². The van der Waals surface area contributed by atoms with E-state index in [2.05, 4.69) is 4.98 Å². The van der Waals surface area contributed by atoms with Gasteiger partial charge in [0.25, 0.3) is 11.2 Å². The third-order valence-corrected chi connectivity index (χ3v) is 7.19. The van der Waals surface area contributed by atoms with Crippen LogP contribution in [0, 0.1) is 10.1 Å². The van der Waals surface area contributed by atoms with Gasteiger partial charge in [0.05, 0.1) is 20.7 Å². The molecule has 11 heteroatoms. The first-order chi connectivity index (χ1) is 16.2. The van der Waals surface area contributed by atoms with Crippen LogP contribution in [-0.4, -0.2) is 22.9 Å². The molecule has 1 aromatic heterocycles. The molecule has 0 bridgehead atoms. The first-order valence-electron chi connectivity index (χ1n) is 10.2. The maximum absolute atomic E-state index is 13.2. The summed E-state index contributed by atoms with van der Waals surface area (Å²) in [5.41, 5.74) is 2.15. The molecule has 4 rings (SSSR count). The van der Waals surface area contributed by atoms with E-state index in [0.717, 1.165) is 11.1 Å². The van der Waals surface area contributed by atoms with Crippen LogP contribution in [0.5, 0.6) is 0 Å². The molecular formula is C23H20N4O5S2. The number of non-ortho nitro benzene ring substituents is 1. The van der Waals surface area contributed by atoms with Crippen molar-refractivity contribution in [2.24, 2.45) is 5.14 Å². The van der Waals surface area contributed by atoms with Gasteiger partial charge in [-0.3, -0.25) is 19.5 Å². The summed E-state index contributed by atoms with van der Waals surface area (Å²) in [6.07, 6.45) is 0.482. The van der Waals surface area contributed by atoms with Crippen LogP contribution in [0.1, 0.15) is 11.1 Å². The number of sulfonamides is 1. The highest BCUT2D eigenvalue weighted by Gasteiger charge is 2.13. The highest BCUT2D eigenvalue weighted by Crippen LogP contribution is 2.24. The molecule has 0 unspecified atom stereocenters. The van der Waals surface area contributed by atoms with E-state index in [0.29, 0.717) is 34.8 Å². The van der Waals surface area contributed by atoms with E-state index in [9.17, 15) is 23.3 Å². The number of nitrogens with zero attached hydrogens (tertiary/aromatic N) is 3. The first kappa shape index (κ1) is 23.6. The molecule has 0 aliphatic heterocycles. The Kier molecular flexibility index (Phi) is 6.77. The van der Waals surface area contributed by atoms with Crippen molar-refractivity contribution in [3.05, 3.63) is 104 Å². The van der Waals surface area contributed by atoms with Gasteiger partial charge in [-0.1, -0.05) is 48.2 Å². The number of benzene rings is 3. The minimum absolute atomic E-state index is 0.0166. The zero-order chi connectivity index (χ0) is 24.3. The van der Waals surface area contributed by atoms with Crippen molar-refractivity contribution in [3.63, 3.8) is 0 Å². The van der Waals surface area contributed by atoms with E-state index in [-0.39, 0.29) is 16.1 Å². The van der Waals surface area contributed by atoms with E-state index in [4.69, 9.17) is 5.14 Å². The molecule has 9 nitrogen and oxygen atoms in total. The summed E-state index contributed by atoms with van der Waals surface area (Å²) in [5.74, 6) is 0.478. The Bertz CT molecular complexity index is 1520. The van der Waals surface area contributed by atoms with Gasteiger partial charge in [-0.2, -0.15) is 0 Å². The van der Waals surface area contributed by atoms with E-state index in [1.54, 1.807) is 47.0 Å². The van der Waals surface area contributed by atoms with Crippen molar-refractivity contribution in [2.45, 2.75) is 28.8 Å². The molecule has 4 aromatic rings. The van der Waals surface area contributed by atoms with Crippen molar-refractivity contribution < 1.29 is 13.3 Å². The Morgan fingerprint density at radius 1 is 0.971 bits per heavy atom. The van der Waals surface area contributed by atoms with Crippen LogP contribution in [-0.2, 0) is 28.7 Å². The smallest absolute Gasteiger partial charge is 0.269 e. The fourth-order valence-corrected chi connectivity index (χ4v) is 4.90. The van der Waals surface area contributed by atoms with Gasteiger partial charge in [-0.25, -0.2) is 18.5 Å². The van der Waals surface area contributed by atoms with Crippen molar-refractivity contribution in [2.75, 3.05) is 0 Å². The quantitative estimate of drug-likeness (QED) is 0.170. The molecule has 34 heavy (non-hydrogen) atoms. The van der Waals surface area contributed by atoms with E-state index in [1.165, 1.54) is 36.0 Å². The Balaban J connectivity index is 1.60. The van der Waals surface area contributed by atoms with Crippen LogP contribution >= 0.6 is 11.8 Å². The lowest BCUT2D eigenvalue weighted by Crippen LogP contribution is -2.24. The number of nitro benzene ring substituents is 1. The second kappa shape index (κ2) is 9.75. The lowest BCUT2D eigenvalue weighted by atomic mass is 10.1. The third-order valence-electron chi connectivity index (χ3n) is 5.22. The number of thioether (sulfide) groups is 1. The Labute approximate surface area is 199 Å². The van der Waals surface area contributed by atoms with Crippen molar-refractivity contribution in [1.82, 2.24) is 9.55 Å². The topological polar surface area (TPSA) is 138 Å². The number of nitro groups is 1. The maximum Gasteiger partial charge on any atom is 0.269 e. The Morgan fingerprint density at radius 2 is 1.62 bits per heavy atom. The molecule has 0 saturated carbocycles. The van der Waals surface area contributed by atoms with Crippen LogP contribution < -0.4 is 10.7 Å². The van der Waals surface area contributed by atoms with Crippen molar-refractivity contribution in [3.8, 4) is 0 Å². The Morgan fingerprint density at radius 3 is 2.26 bits per heavy atom. The predicted octanol–water partition coefficient (Wildman–Crippen LogP) is 3.49. The van der Waals surface area contributed by atoms with Crippen LogP contribution in [0.3, 0.4) is 0 Å². The standard InChI is InChI=1S/C23H20N4O5S2/c24-34(31,32)19-11-7-16(8-12-19)13-14-26-22(28)20-3-1-2-4-21(20)25-23(26)33-15-17-5-9-18(10-6-17)27(29)30/h1-12H,13-15H2,(H2,24,31,32). The molecule has 3 aromatic carbocycles. The zero-order valence-corrected chi connectivity index (χ0v) is 19.5. The van der Waals surface area contributed by atoms with Gasteiger partial charge in [-0.15, -0.1) is 0 Å². The molecule has 2 N–H and O–H groups in total. The number of para-hydroxylation sites is 1. The van der Waals surface area contributed by atoms with Gasteiger partial charge in [0.1, 0.15) is 0 Å². The molecule has 0 radical (unpaired) electrons. The van der Waals surface area contributed by atoms with Crippen LogP contribution in [0.25, 0.3) is 10.9 Å². The van der Waals surface area contributed by atoms with Crippen LogP contribution in [0.15, 0.2) is 87.6 Å². The summed E-state index contributed by atoms with van der Waals surface area (Å²) in [5, 5.41) is 17.1. The summed E-state index contributed by atoms with van der Waals surface area (Å²) < 4.78 is 24.5. The van der Waals surface area contributed by atoms with Crippen LogP contribution in [0.4, 0.5) is 5.69 Å². The predicted molar refractivity (Wildman–Crippen MR) is 130 cm³/mol. The lowest BCUT2D eigenvalue weighted by molar-refractivity contribution is -0.384. The highest BCUT2D eigenvalue weighted by atomic mass is 32.2. The molecule has 1 heterocycles. The summed E-state index contributed by atoms with van der Waals surface area (Å²) in [6.45, 7) is 0.341. The first-order valence-corrected chi connectivity index (χ1v) is 12.7. The number of primary sulfonamides is 1. The van der Waals surface area contributed by atoms with Gasteiger partial charge in [0.15, 0.2) is 5.16 Å². The second-order valence-electron chi connectivity index (χ2n) is 7.52. The van der Waals surface area contributed by atoms with Gasteiger partial charge in [0, 0.05) is 24.4 Å². The molecule has 174 valence electrons. The van der Waals surface area contributed by atoms with Gasteiger partial charge >= 0.3 is 0 Å². The molecule has 0 atom stereocenters. The fraction of sp³-hybridized carbons (Fsp3) is 0.130. The average Bonchev–Trinajstić information content (AvgIpc) is 2.82. The molecule has 0 spiro atoms. The van der Waals surface area contributed by atoms with E-state index in [1.807, 2.05) is 6.07 Å².